The van der Waals surface area contributed by atoms with E-state index in [0.29, 0.717) is 19.3 Å². The maximum absolute atomic E-state index is 10.9. The lowest BCUT2D eigenvalue weighted by Crippen LogP contribution is -2.47. The highest BCUT2D eigenvalue weighted by Gasteiger charge is 2.41. The Balaban J connectivity index is 1.89. The maximum Gasteiger partial charge on any atom is 0.304 e. The van der Waals surface area contributed by atoms with Gasteiger partial charge < -0.3 is 14.6 Å². The van der Waals surface area contributed by atoms with E-state index in [0.717, 1.165) is 32.2 Å². The van der Waals surface area contributed by atoms with E-state index in [4.69, 9.17) is 14.6 Å². The van der Waals surface area contributed by atoms with Crippen molar-refractivity contribution in [3.05, 3.63) is 0 Å². The average molecular weight is 271 g/mol. The van der Waals surface area contributed by atoms with Crippen LogP contribution in [0.25, 0.3) is 0 Å². The van der Waals surface area contributed by atoms with E-state index in [1.54, 1.807) is 0 Å². The molecule has 0 aromatic rings. The summed E-state index contributed by atoms with van der Waals surface area (Å²) >= 11 is 0. The molecule has 1 saturated carbocycles. The second-order valence-corrected chi connectivity index (χ2v) is 5.62. The first kappa shape index (κ1) is 14.8. The van der Waals surface area contributed by atoms with Gasteiger partial charge in [-0.3, -0.25) is 9.69 Å². The Morgan fingerprint density at radius 3 is 2.42 bits per heavy atom. The Kier molecular flexibility index (Phi) is 4.81. The molecule has 1 heterocycles. The van der Waals surface area contributed by atoms with Crippen molar-refractivity contribution in [1.29, 1.82) is 0 Å². The molecule has 2 aliphatic rings. The van der Waals surface area contributed by atoms with Crippen molar-refractivity contribution in [1.82, 2.24) is 4.90 Å². The highest BCUT2D eigenvalue weighted by molar-refractivity contribution is 5.67. The fourth-order valence-corrected chi connectivity index (χ4v) is 3.46. The van der Waals surface area contributed by atoms with Crippen molar-refractivity contribution in [2.24, 2.45) is 0 Å². The molecule has 5 nitrogen and oxygen atoms in total. The summed E-state index contributed by atoms with van der Waals surface area (Å²) < 4.78 is 11.5. The second kappa shape index (κ2) is 6.20. The molecule has 1 unspecified atom stereocenters. The van der Waals surface area contributed by atoms with E-state index in [2.05, 4.69) is 11.8 Å². The summed E-state index contributed by atoms with van der Waals surface area (Å²) in [5, 5.41) is 8.93. The minimum absolute atomic E-state index is 0.0898. The molecule has 19 heavy (non-hydrogen) atoms. The van der Waals surface area contributed by atoms with Gasteiger partial charge in [0.2, 0.25) is 0 Å². The quantitative estimate of drug-likeness (QED) is 0.827. The molecular formula is C14H25NO4. The van der Waals surface area contributed by atoms with Crippen molar-refractivity contribution in [2.45, 2.75) is 63.8 Å². The summed E-state index contributed by atoms with van der Waals surface area (Å²) in [4.78, 5) is 13.2. The van der Waals surface area contributed by atoms with E-state index >= 15 is 0 Å². The van der Waals surface area contributed by atoms with Gasteiger partial charge in [0.1, 0.15) is 0 Å². The Morgan fingerprint density at radius 2 is 1.95 bits per heavy atom. The lowest BCUT2D eigenvalue weighted by Gasteiger charge is -2.42. The second-order valence-electron chi connectivity index (χ2n) is 5.62. The zero-order valence-corrected chi connectivity index (χ0v) is 11.9. The Bertz CT molecular complexity index is 305. The lowest BCUT2D eigenvalue weighted by molar-refractivity contribution is -0.185. The number of hydrogen-bond donors (Lipinski definition) is 1. The van der Waals surface area contributed by atoms with Crippen LogP contribution in [0.2, 0.25) is 0 Å². The molecule has 1 N–H and O–H groups in total. The predicted octanol–water partition coefficient (Wildman–Crippen LogP) is 1.86. The van der Waals surface area contributed by atoms with Crippen LogP contribution in [0.1, 0.15) is 46.0 Å². The van der Waals surface area contributed by atoms with Gasteiger partial charge in [-0.25, -0.2) is 0 Å². The number of hydrogen-bond acceptors (Lipinski definition) is 4. The van der Waals surface area contributed by atoms with Crippen molar-refractivity contribution in [3.8, 4) is 0 Å². The van der Waals surface area contributed by atoms with Crippen LogP contribution in [-0.4, -0.2) is 53.6 Å². The SMILES string of the molecule is CCN(C(C)CC(=O)O)C1CCC2(CC1)OCCO2. The van der Waals surface area contributed by atoms with Crippen molar-refractivity contribution < 1.29 is 19.4 Å². The summed E-state index contributed by atoms with van der Waals surface area (Å²) in [6, 6.07) is 0.546. The Labute approximate surface area is 114 Å². The van der Waals surface area contributed by atoms with Crippen LogP contribution in [-0.2, 0) is 14.3 Å². The van der Waals surface area contributed by atoms with Crippen LogP contribution in [0.15, 0.2) is 0 Å². The molecule has 2 rings (SSSR count). The topological polar surface area (TPSA) is 59.0 Å². The lowest BCUT2D eigenvalue weighted by atomic mass is 9.88. The average Bonchev–Trinajstić information content (AvgIpc) is 2.80. The molecule has 0 radical (unpaired) electrons. The molecule has 2 fully saturated rings. The van der Waals surface area contributed by atoms with Gasteiger partial charge in [-0.2, -0.15) is 0 Å². The first-order valence-electron chi connectivity index (χ1n) is 7.32. The molecule has 1 saturated heterocycles. The highest BCUT2D eigenvalue weighted by atomic mass is 16.7. The maximum atomic E-state index is 10.9. The zero-order valence-electron chi connectivity index (χ0n) is 11.9. The molecule has 1 atom stereocenters. The molecule has 110 valence electrons. The minimum atomic E-state index is -0.722. The first-order chi connectivity index (χ1) is 9.06. The largest absolute Gasteiger partial charge is 0.481 e. The molecule has 0 aromatic heterocycles. The van der Waals surface area contributed by atoms with Gasteiger partial charge in [-0.1, -0.05) is 6.92 Å². The van der Waals surface area contributed by atoms with E-state index in [-0.39, 0.29) is 18.2 Å². The third-order valence-corrected chi connectivity index (χ3v) is 4.40. The monoisotopic (exact) mass is 271 g/mol. The number of aliphatic carboxylic acids is 1. The molecule has 1 spiro atoms. The number of nitrogens with zero attached hydrogens (tertiary/aromatic N) is 1. The summed E-state index contributed by atoms with van der Waals surface area (Å²) in [5.74, 6) is -1.05. The van der Waals surface area contributed by atoms with Gasteiger partial charge >= 0.3 is 5.97 Å². The summed E-state index contributed by atoms with van der Waals surface area (Å²) in [6.45, 7) is 6.42. The number of carboxylic acids is 1. The zero-order chi connectivity index (χ0) is 13.9. The van der Waals surface area contributed by atoms with Gasteiger partial charge in [0.15, 0.2) is 5.79 Å². The number of rotatable bonds is 5. The molecule has 5 heteroatoms. The van der Waals surface area contributed by atoms with Crippen molar-refractivity contribution >= 4 is 5.97 Å². The van der Waals surface area contributed by atoms with Gasteiger partial charge in [-0.05, 0) is 26.3 Å². The minimum Gasteiger partial charge on any atom is -0.481 e. The van der Waals surface area contributed by atoms with Gasteiger partial charge in [0.25, 0.3) is 0 Å². The van der Waals surface area contributed by atoms with Gasteiger partial charge in [-0.15, -0.1) is 0 Å². The van der Waals surface area contributed by atoms with Gasteiger partial charge in [0, 0.05) is 24.9 Å². The molecule has 0 amide bonds. The summed E-state index contributed by atoms with van der Waals surface area (Å²) in [6.07, 6.45) is 4.11. The predicted molar refractivity (Wildman–Crippen MR) is 71.0 cm³/mol. The Morgan fingerprint density at radius 1 is 1.37 bits per heavy atom. The van der Waals surface area contributed by atoms with Crippen molar-refractivity contribution in [2.75, 3.05) is 19.8 Å². The van der Waals surface area contributed by atoms with Crippen LogP contribution in [0, 0.1) is 0 Å². The normalized spacial score (nSPS) is 25.0. The third kappa shape index (κ3) is 3.46. The number of ether oxygens (including phenoxy) is 2. The van der Waals surface area contributed by atoms with Crippen LogP contribution < -0.4 is 0 Å². The van der Waals surface area contributed by atoms with Gasteiger partial charge in [0.05, 0.1) is 19.6 Å². The summed E-state index contributed by atoms with van der Waals surface area (Å²) in [7, 11) is 0. The smallest absolute Gasteiger partial charge is 0.304 e. The molecule has 1 aliphatic heterocycles. The first-order valence-corrected chi connectivity index (χ1v) is 7.32. The van der Waals surface area contributed by atoms with Crippen LogP contribution in [0.4, 0.5) is 0 Å². The Hall–Kier alpha value is -0.650. The number of carboxylic acid groups (broad SMARTS) is 1. The standard InChI is InChI=1S/C14H25NO4/c1-3-15(11(2)10-13(16)17)12-4-6-14(7-5-12)18-8-9-19-14/h11-12H,3-10H2,1-2H3,(H,16,17). The summed E-state index contributed by atoms with van der Waals surface area (Å²) in [5.41, 5.74) is 0. The third-order valence-electron chi connectivity index (χ3n) is 4.40. The van der Waals surface area contributed by atoms with E-state index in [9.17, 15) is 4.79 Å². The molecule has 0 aromatic carbocycles. The molecule has 0 bridgehead atoms. The van der Waals surface area contributed by atoms with E-state index < -0.39 is 5.97 Å². The van der Waals surface area contributed by atoms with E-state index in [1.165, 1.54) is 0 Å². The van der Waals surface area contributed by atoms with E-state index in [1.807, 2.05) is 6.92 Å². The van der Waals surface area contributed by atoms with Crippen molar-refractivity contribution in [3.63, 3.8) is 0 Å². The fourth-order valence-electron chi connectivity index (χ4n) is 3.46. The molecule has 1 aliphatic carbocycles. The fraction of sp³-hybridized carbons (Fsp3) is 0.929. The highest BCUT2D eigenvalue weighted by Crippen LogP contribution is 2.37. The van der Waals surface area contributed by atoms with Crippen LogP contribution in [0.5, 0.6) is 0 Å². The van der Waals surface area contributed by atoms with Crippen LogP contribution in [0.3, 0.4) is 0 Å². The van der Waals surface area contributed by atoms with Crippen LogP contribution >= 0.6 is 0 Å². The number of carbonyl (C=O) groups is 1. The molecular weight excluding hydrogens is 246 g/mol.